The number of rotatable bonds is 3. The zero-order chi connectivity index (χ0) is 14.9. The van der Waals surface area contributed by atoms with Gasteiger partial charge in [0.25, 0.3) is 0 Å². The van der Waals surface area contributed by atoms with Crippen LogP contribution in [0.2, 0.25) is 5.02 Å². The minimum absolute atomic E-state index is 0.0337. The molecule has 0 radical (unpaired) electrons. The summed E-state index contributed by atoms with van der Waals surface area (Å²) in [6.07, 6.45) is 0. The minimum atomic E-state index is -1.15. The molecule has 0 saturated heterocycles. The Balaban J connectivity index is 2.46. The summed E-state index contributed by atoms with van der Waals surface area (Å²) in [5.41, 5.74) is 5.66. The Bertz CT molecular complexity index is 649. The molecule has 1 unspecified atom stereocenters. The van der Waals surface area contributed by atoms with E-state index in [0.717, 1.165) is 18.2 Å². The van der Waals surface area contributed by atoms with Gasteiger partial charge < -0.3 is 10.5 Å². The van der Waals surface area contributed by atoms with E-state index in [-0.39, 0.29) is 16.1 Å². The molecule has 6 heteroatoms. The maximum Gasteiger partial charge on any atom is 0.142 e. The summed E-state index contributed by atoms with van der Waals surface area (Å²) in [4.78, 5) is 0. The summed E-state index contributed by atoms with van der Waals surface area (Å²) < 4.78 is 45.9. The second kappa shape index (κ2) is 5.73. The molecule has 2 aromatic rings. The molecular weight excluding hydrogens is 291 g/mol. The Morgan fingerprint density at radius 3 is 2.25 bits per heavy atom. The highest BCUT2D eigenvalue weighted by atomic mass is 35.5. The topological polar surface area (TPSA) is 35.2 Å². The van der Waals surface area contributed by atoms with Gasteiger partial charge in [0.2, 0.25) is 0 Å². The van der Waals surface area contributed by atoms with Gasteiger partial charge in [0.15, 0.2) is 0 Å². The zero-order valence-electron chi connectivity index (χ0n) is 10.5. The van der Waals surface area contributed by atoms with E-state index in [1.165, 1.54) is 19.2 Å². The quantitative estimate of drug-likeness (QED) is 0.875. The molecule has 0 aliphatic heterocycles. The lowest BCUT2D eigenvalue weighted by molar-refractivity contribution is 0.410. The summed E-state index contributed by atoms with van der Waals surface area (Å²) in [7, 11) is 1.39. The lowest BCUT2D eigenvalue weighted by Crippen LogP contribution is -2.15. The standard InChI is InChI=1S/C14H11ClF3NO/c1-20-7-2-3-8(11(16)4-7)14(19)9-5-13(18)10(15)6-12(9)17/h2-6,14H,19H2,1H3. The molecule has 2 aromatic carbocycles. The van der Waals surface area contributed by atoms with Crippen LogP contribution in [0.15, 0.2) is 30.3 Å². The van der Waals surface area contributed by atoms with Gasteiger partial charge in [-0.15, -0.1) is 0 Å². The molecule has 0 heterocycles. The molecule has 0 aromatic heterocycles. The van der Waals surface area contributed by atoms with Crippen LogP contribution < -0.4 is 10.5 Å². The van der Waals surface area contributed by atoms with Crippen molar-refractivity contribution in [1.29, 1.82) is 0 Å². The van der Waals surface area contributed by atoms with Crippen molar-refractivity contribution in [3.05, 3.63) is 63.9 Å². The van der Waals surface area contributed by atoms with E-state index >= 15 is 0 Å². The molecule has 106 valence electrons. The van der Waals surface area contributed by atoms with Gasteiger partial charge in [0, 0.05) is 17.2 Å². The maximum absolute atomic E-state index is 13.9. The molecule has 0 amide bonds. The second-order valence-electron chi connectivity index (χ2n) is 4.15. The Kier molecular flexibility index (Phi) is 4.20. The Hall–Kier alpha value is -1.72. The molecule has 2 nitrogen and oxygen atoms in total. The smallest absolute Gasteiger partial charge is 0.142 e. The number of nitrogens with two attached hydrogens (primary N) is 1. The van der Waals surface area contributed by atoms with Crippen molar-refractivity contribution in [2.75, 3.05) is 7.11 Å². The molecule has 1 atom stereocenters. The largest absolute Gasteiger partial charge is 0.497 e. The van der Waals surface area contributed by atoms with Crippen LogP contribution in [0.25, 0.3) is 0 Å². The van der Waals surface area contributed by atoms with Crippen LogP contribution in [0.1, 0.15) is 17.2 Å². The molecule has 0 aliphatic rings. The first-order valence-electron chi connectivity index (χ1n) is 5.67. The summed E-state index contributed by atoms with van der Waals surface area (Å²) in [6, 6.07) is 4.51. The first-order valence-corrected chi connectivity index (χ1v) is 6.05. The Morgan fingerprint density at radius 2 is 1.65 bits per heavy atom. The van der Waals surface area contributed by atoms with Gasteiger partial charge in [0.1, 0.15) is 23.2 Å². The van der Waals surface area contributed by atoms with E-state index < -0.39 is 23.5 Å². The van der Waals surface area contributed by atoms with Crippen LogP contribution in [-0.2, 0) is 0 Å². The highest BCUT2D eigenvalue weighted by Crippen LogP contribution is 2.29. The summed E-state index contributed by atoms with van der Waals surface area (Å²) in [6.45, 7) is 0. The van der Waals surface area contributed by atoms with Gasteiger partial charge in [-0.1, -0.05) is 17.7 Å². The predicted molar refractivity (Wildman–Crippen MR) is 70.4 cm³/mol. The number of hydrogen-bond acceptors (Lipinski definition) is 2. The Morgan fingerprint density at radius 1 is 1.00 bits per heavy atom. The van der Waals surface area contributed by atoms with E-state index in [2.05, 4.69) is 0 Å². The van der Waals surface area contributed by atoms with Crippen molar-refractivity contribution in [3.63, 3.8) is 0 Å². The molecule has 2 N–H and O–H groups in total. The number of hydrogen-bond donors (Lipinski definition) is 1. The van der Waals surface area contributed by atoms with Crippen LogP contribution in [0.5, 0.6) is 5.75 Å². The van der Waals surface area contributed by atoms with Gasteiger partial charge in [0.05, 0.1) is 18.2 Å². The van der Waals surface area contributed by atoms with E-state index in [0.29, 0.717) is 5.75 Å². The third-order valence-corrected chi connectivity index (χ3v) is 3.21. The normalized spacial score (nSPS) is 12.3. The van der Waals surface area contributed by atoms with Gasteiger partial charge >= 0.3 is 0 Å². The van der Waals surface area contributed by atoms with Crippen LogP contribution >= 0.6 is 11.6 Å². The molecule has 0 saturated carbocycles. The van der Waals surface area contributed by atoms with Gasteiger partial charge in [-0.25, -0.2) is 13.2 Å². The molecule has 20 heavy (non-hydrogen) atoms. The Labute approximate surface area is 118 Å². The third-order valence-electron chi connectivity index (χ3n) is 2.92. The predicted octanol–water partition coefficient (Wildman–Crippen LogP) is 3.81. The van der Waals surface area contributed by atoms with E-state index in [4.69, 9.17) is 22.1 Å². The lowest BCUT2D eigenvalue weighted by Gasteiger charge is -2.15. The van der Waals surface area contributed by atoms with Crippen LogP contribution in [-0.4, -0.2) is 7.11 Å². The third kappa shape index (κ3) is 2.73. The summed E-state index contributed by atoms with van der Waals surface area (Å²) >= 11 is 5.46. The van der Waals surface area contributed by atoms with Crippen molar-refractivity contribution in [2.45, 2.75) is 6.04 Å². The fraction of sp³-hybridized carbons (Fsp3) is 0.143. The zero-order valence-corrected chi connectivity index (χ0v) is 11.2. The van der Waals surface area contributed by atoms with Crippen LogP contribution in [0.4, 0.5) is 13.2 Å². The van der Waals surface area contributed by atoms with Crippen LogP contribution in [0.3, 0.4) is 0 Å². The van der Waals surface area contributed by atoms with Gasteiger partial charge in [-0.2, -0.15) is 0 Å². The fourth-order valence-corrected chi connectivity index (χ4v) is 1.98. The molecule has 0 aliphatic carbocycles. The minimum Gasteiger partial charge on any atom is -0.497 e. The highest BCUT2D eigenvalue weighted by molar-refractivity contribution is 6.30. The average molecular weight is 302 g/mol. The number of methoxy groups -OCH3 is 1. The molecule has 0 spiro atoms. The second-order valence-corrected chi connectivity index (χ2v) is 4.56. The van der Waals surface area contributed by atoms with Crippen LogP contribution in [0, 0.1) is 17.5 Å². The molecule has 2 rings (SSSR count). The summed E-state index contributed by atoms with van der Waals surface area (Å²) in [5.74, 6) is -1.96. The van der Waals surface area contributed by atoms with Crippen molar-refractivity contribution in [2.24, 2.45) is 5.73 Å². The first-order chi connectivity index (χ1) is 9.43. The van der Waals surface area contributed by atoms with Gasteiger partial charge in [-0.3, -0.25) is 0 Å². The van der Waals surface area contributed by atoms with Crippen molar-refractivity contribution < 1.29 is 17.9 Å². The molecule has 0 fully saturated rings. The van der Waals surface area contributed by atoms with Crippen molar-refractivity contribution in [1.82, 2.24) is 0 Å². The first kappa shape index (κ1) is 14.7. The lowest BCUT2D eigenvalue weighted by atomic mass is 9.98. The number of halogens is 4. The van der Waals surface area contributed by atoms with E-state index in [9.17, 15) is 13.2 Å². The van der Waals surface area contributed by atoms with Crippen molar-refractivity contribution in [3.8, 4) is 5.75 Å². The van der Waals surface area contributed by atoms with E-state index in [1.807, 2.05) is 0 Å². The molecule has 0 bridgehead atoms. The SMILES string of the molecule is COc1ccc(C(N)c2cc(F)c(Cl)cc2F)c(F)c1. The molecular formula is C14H11ClF3NO. The van der Waals surface area contributed by atoms with Gasteiger partial charge in [-0.05, 0) is 18.2 Å². The monoisotopic (exact) mass is 301 g/mol. The maximum atomic E-state index is 13.9. The number of ether oxygens (including phenoxy) is 1. The van der Waals surface area contributed by atoms with Crippen molar-refractivity contribution >= 4 is 11.6 Å². The number of benzene rings is 2. The average Bonchev–Trinajstić information content (AvgIpc) is 2.42. The summed E-state index contributed by atoms with van der Waals surface area (Å²) in [5, 5.41) is -0.353. The van der Waals surface area contributed by atoms with E-state index in [1.54, 1.807) is 0 Å². The fourth-order valence-electron chi connectivity index (χ4n) is 1.83. The highest BCUT2D eigenvalue weighted by Gasteiger charge is 2.19.